The zero-order valence-corrected chi connectivity index (χ0v) is 12.8. The number of rotatable bonds is 4. The average Bonchev–Trinajstić information content (AvgIpc) is 2.87. The van der Waals surface area contributed by atoms with Crippen molar-refractivity contribution in [1.82, 2.24) is 5.32 Å². The topological polar surface area (TPSA) is 41.1 Å². The lowest BCUT2D eigenvalue weighted by molar-refractivity contribution is -0.119. The Kier molecular flexibility index (Phi) is 5.13. The summed E-state index contributed by atoms with van der Waals surface area (Å²) in [6, 6.07) is 5.64. The molecule has 0 spiro atoms. The zero-order chi connectivity index (χ0) is 13.8. The van der Waals surface area contributed by atoms with Crippen molar-refractivity contribution in [2.45, 2.75) is 30.4 Å². The summed E-state index contributed by atoms with van der Waals surface area (Å²) in [7, 11) is 0. The van der Waals surface area contributed by atoms with Gasteiger partial charge in [0.1, 0.15) is 0 Å². The van der Waals surface area contributed by atoms with Gasteiger partial charge in [0, 0.05) is 16.7 Å². The smallest absolute Gasteiger partial charge is 0.228 e. The highest BCUT2D eigenvalue weighted by atomic mass is 35.5. The fourth-order valence-corrected chi connectivity index (χ4v) is 3.28. The third-order valence-electron chi connectivity index (χ3n) is 3.01. The highest BCUT2D eigenvalue weighted by Gasteiger charge is 2.23. The molecule has 0 aromatic heterocycles. The molecule has 0 aliphatic carbocycles. The van der Waals surface area contributed by atoms with E-state index >= 15 is 0 Å². The van der Waals surface area contributed by atoms with Crippen molar-refractivity contribution < 1.29 is 4.79 Å². The summed E-state index contributed by atoms with van der Waals surface area (Å²) in [5.41, 5.74) is 0.822. The molecule has 1 amide bonds. The van der Waals surface area contributed by atoms with Crippen molar-refractivity contribution in [1.29, 1.82) is 0 Å². The number of nitrogens with one attached hydrogen (secondary N) is 2. The molecule has 2 rings (SSSR count). The monoisotopic (exact) mass is 298 g/mol. The zero-order valence-electron chi connectivity index (χ0n) is 11.2. The SMILES string of the molecule is CC(C)Sc1c(Cl)cccc1NC(=O)C1CCNC1. The van der Waals surface area contributed by atoms with Gasteiger partial charge in [-0.05, 0) is 25.1 Å². The molecule has 1 unspecified atom stereocenters. The second-order valence-corrected chi connectivity index (χ2v) is 6.96. The molecule has 1 aliphatic rings. The molecule has 1 heterocycles. The van der Waals surface area contributed by atoms with Crippen LogP contribution in [0.5, 0.6) is 0 Å². The van der Waals surface area contributed by atoms with Crippen LogP contribution in [0.1, 0.15) is 20.3 Å². The highest BCUT2D eigenvalue weighted by Crippen LogP contribution is 2.36. The highest BCUT2D eigenvalue weighted by molar-refractivity contribution is 8.00. The Labute approximate surface area is 123 Å². The molecule has 1 fully saturated rings. The predicted molar refractivity (Wildman–Crippen MR) is 82.1 cm³/mol. The number of thioether (sulfide) groups is 1. The first-order valence-corrected chi connectivity index (χ1v) is 7.80. The Hall–Kier alpha value is -0.710. The summed E-state index contributed by atoms with van der Waals surface area (Å²) in [4.78, 5) is 13.1. The molecule has 19 heavy (non-hydrogen) atoms. The number of benzene rings is 1. The molecule has 104 valence electrons. The minimum absolute atomic E-state index is 0.0656. The first kappa shape index (κ1) is 14.7. The molecule has 0 radical (unpaired) electrons. The second kappa shape index (κ2) is 6.64. The van der Waals surface area contributed by atoms with Gasteiger partial charge in [-0.1, -0.05) is 31.5 Å². The number of amides is 1. The Morgan fingerprint density at radius 2 is 2.32 bits per heavy atom. The van der Waals surface area contributed by atoms with Gasteiger partial charge in [0.05, 0.1) is 16.6 Å². The van der Waals surface area contributed by atoms with Crippen LogP contribution in [0.3, 0.4) is 0 Å². The quantitative estimate of drug-likeness (QED) is 0.837. The van der Waals surface area contributed by atoms with E-state index in [1.807, 2.05) is 18.2 Å². The van der Waals surface area contributed by atoms with E-state index in [9.17, 15) is 4.79 Å². The Balaban J connectivity index is 2.14. The summed E-state index contributed by atoms with van der Waals surface area (Å²) < 4.78 is 0. The van der Waals surface area contributed by atoms with Gasteiger partial charge in [-0.25, -0.2) is 0 Å². The van der Waals surface area contributed by atoms with E-state index in [1.54, 1.807) is 11.8 Å². The fraction of sp³-hybridized carbons (Fsp3) is 0.500. The van der Waals surface area contributed by atoms with Gasteiger partial charge in [-0.15, -0.1) is 11.8 Å². The number of carbonyl (C=O) groups is 1. The first-order chi connectivity index (χ1) is 9.08. The van der Waals surface area contributed by atoms with E-state index < -0.39 is 0 Å². The van der Waals surface area contributed by atoms with Crippen molar-refractivity contribution in [3.05, 3.63) is 23.2 Å². The molecular formula is C14H19ClN2OS. The van der Waals surface area contributed by atoms with Gasteiger partial charge in [0.2, 0.25) is 5.91 Å². The second-order valence-electron chi connectivity index (χ2n) is 4.96. The van der Waals surface area contributed by atoms with Crippen LogP contribution in [0.2, 0.25) is 5.02 Å². The molecule has 2 N–H and O–H groups in total. The standard InChI is InChI=1S/C14H19ClN2OS/c1-9(2)19-13-11(15)4-3-5-12(13)17-14(18)10-6-7-16-8-10/h3-5,9-10,16H,6-8H2,1-2H3,(H,17,18). The number of carbonyl (C=O) groups excluding carboxylic acids is 1. The van der Waals surface area contributed by atoms with Gasteiger partial charge in [-0.2, -0.15) is 0 Å². The van der Waals surface area contributed by atoms with Gasteiger partial charge in [-0.3, -0.25) is 4.79 Å². The van der Waals surface area contributed by atoms with Crippen LogP contribution in [0.25, 0.3) is 0 Å². The predicted octanol–water partition coefficient (Wildman–Crippen LogP) is 3.39. The summed E-state index contributed by atoms with van der Waals surface area (Å²) in [5, 5.41) is 7.34. The first-order valence-electron chi connectivity index (χ1n) is 6.54. The minimum Gasteiger partial charge on any atom is -0.325 e. The van der Waals surface area contributed by atoms with Crippen molar-refractivity contribution in [3.8, 4) is 0 Å². The van der Waals surface area contributed by atoms with Gasteiger partial charge < -0.3 is 10.6 Å². The van der Waals surface area contributed by atoms with Crippen LogP contribution in [-0.4, -0.2) is 24.2 Å². The maximum Gasteiger partial charge on any atom is 0.228 e. The van der Waals surface area contributed by atoms with Crippen molar-refractivity contribution in [2.24, 2.45) is 5.92 Å². The van der Waals surface area contributed by atoms with E-state index in [4.69, 9.17) is 11.6 Å². The van der Waals surface area contributed by atoms with E-state index in [2.05, 4.69) is 24.5 Å². The van der Waals surface area contributed by atoms with Crippen LogP contribution in [0.4, 0.5) is 5.69 Å². The number of hydrogen-bond donors (Lipinski definition) is 2. The lowest BCUT2D eigenvalue weighted by Crippen LogP contribution is -2.24. The summed E-state index contributed by atoms with van der Waals surface area (Å²) >= 11 is 7.91. The molecule has 1 saturated heterocycles. The normalized spacial score (nSPS) is 18.8. The van der Waals surface area contributed by atoms with Gasteiger partial charge in [0.25, 0.3) is 0 Å². The maximum absolute atomic E-state index is 12.2. The molecule has 1 aromatic carbocycles. The fourth-order valence-electron chi connectivity index (χ4n) is 2.08. The largest absolute Gasteiger partial charge is 0.325 e. The van der Waals surface area contributed by atoms with E-state index in [1.165, 1.54) is 0 Å². The van der Waals surface area contributed by atoms with E-state index in [0.717, 1.165) is 30.1 Å². The lowest BCUT2D eigenvalue weighted by Gasteiger charge is -2.15. The Morgan fingerprint density at radius 1 is 1.53 bits per heavy atom. The number of anilines is 1. The minimum atomic E-state index is 0.0656. The Morgan fingerprint density at radius 3 is 2.95 bits per heavy atom. The lowest BCUT2D eigenvalue weighted by atomic mass is 10.1. The molecular weight excluding hydrogens is 280 g/mol. The molecule has 5 heteroatoms. The maximum atomic E-state index is 12.2. The summed E-state index contributed by atoms with van der Waals surface area (Å²) in [6.45, 7) is 5.90. The number of halogens is 1. The molecule has 0 bridgehead atoms. The van der Waals surface area contributed by atoms with Gasteiger partial charge in [0.15, 0.2) is 0 Å². The Bertz CT molecular complexity index is 459. The van der Waals surface area contributed by atoms with E-state index in [0.29, 0.717) is 10.3 Å². The van der Waals surface area contributed by atoms with Crippen LogP contribution < -0.4 is 10.6 Å². The third-order valence-corrected chi connectivity index (χ3v) is 4.58. The van der Waals surface area contributed by atoms with Crippen molar-refractivity contribution in [3.63, 3.8) is 0 Å². The summed E-state index contributed by atoms with van der Waals surface area (Å²) in [5.74, 6) is 0.147. The van der Waals surface area contributed by atoms with Crippen molar-refractivity contribution >= 4 is 35.0 Å². The van der Waals surface area contributed by atoms with Crippen LogP contribution in [-0.2, 0) is 4.79 Å². The third kappa shape index (κ3) is 3.88. The van der Waals surface area contributed by atoms with Crippen molar-refractivity contribution in [2.75, 3.05) is 18.4 Å². The molecule has 1 aromatic rings. The molecule has 3 nitrogen and oxygen atoms in total. The summed E-state index contributed by atoms with van der Waals surface area (Å²) in [6.07, 6.45) is 0.902. The van der Waals surface area contributed by atoms with Crippen LogP contribution in [0.15, 0.2) is 23.1 Å². The van der Waals surface area contributed by atoms with E-state index in [-0.39, 0.29) is 11.8 Å². The number of hydrogen-bond acceptors (Lipinski definition) is 3. The van der Waals surface area contributed by atoms with Crippen LogP contribution >= 0.6 is 23.4 Å². The average molecular weight is 299 g/mol. The molecule has 1 atom stereocenters. The van der Waals surface area contributed by atoms with Gasteiger partial charge >= 0.3 is 0 Å². The van der Waals surface area contributed by atoms with Crippen LogP contribution in [0, 0.1) is 5.92 Å². The molecule has 1 aliphatic heterocycles. The molecule has 0 saturated carbocycles.